The largest absolute Gasteiger partial charge is 0.493 e. The molecule has 0 saturated carbocycles. The summed E-state index contributed by atoms with van der Waals surface area (Å²) in [6, 6.07) is 14.0. The number of ether oxygens (including phenoxy) is 2. The average Bonchev–Trinajstić information content (AvgIpc) is 3.76. The van der Waals surface area contributed by atoms with Gasteiger partial charge in [-0.25, -0.2) is 9.67 Å². The molecule has 4 heterocycles. The van der Waals surface area contributed by atoms with E-state index in [1.54, 1.807) is 41.5 Å². The number of halogens is 1. The maximum absolute atomic E-state index is 11.5. The Balaban J connectivity index is 1.23. The lowest BCUT2D eigenvalue weighted by atomic mass is 9.98. The van der Waals surface area contributed by atoms with Gasteiger partial charge in [0.2, 0.25) is 0 Å². The first-order chi connectivity index (χ1) is 25.2. The molecule has 1 saturated heterocycles. The van der Waals surface area contributed by atoms with Gasteiger partial charge in [0, 0.05) is 66.3 Å². The van der Waals surface area contributed by atoms with Crippen molar-refractivity contribution in [3.63, 3.8) is 0 Å². The summed E-state index contributed by atoms with van der Waals surface area (Å²) in [5.74, 6) is 0.0648. The smallest absolute Gasteiger partial charge is 0.323 e. The zero-order valence-corrected chi connectivity index (χ0v) is 29.5. The van der Waals surface area contributed by atoms with E-state index < -0.39 is 18.6 Å². The minimum atomic E-state index is -1.19. The highest BCUT2D eigenvalue weighted by molar-refractivity contribution is 6.31. The Morgan fingerprint density at radius 3 is 2.77 bits per heavy atom. The Bertz CT molecular complexity index is 2080. The fourth-order valence-electron chi connectivity index (χ4n) is 6.32. The number of likely N-dealkylation sites (tertiary alicyclic amines) is 1. The first-order valence-corrected chi connectivity index (χ1v) is 17.4. The van der Waals surface area contributed by atoms with Crippen LogP contribution in [0.1, 0.15) is 40.7 Å². The number of aliphatic hydroxyl groups excluding tert-OH is 2. The van der Waals surface area contributed by atoms with Crippen LogP contribution in [0.15, 0.2) is 67.3 Å². The highest BCUT2D eigenvalue weighted by Crippen LogP contribution is 2.35. The van der Waals surface area contributed by atoms with Gasteiger partial charge in [0.05, 0.1) is 37.6 Å². The molecule has 0 amide bonds. The molecule has 52 heavy (non-hydrogen) atoms. The molecule has 5 aromatic rings. The molecule has 270 valence electrons. The number of aromatic nitrogens is 4. The summed E-state index contributed by atoms with van der Waals surface area (Å²) in [7, 11) is 0. The maximum Gasteiger partial charge on any atom is 0.323 e. The van der Waals surface area contributed by atoms with E-state index in [0.29, 0.717) is 45.3 Å². The highest BCUT2D eigenvalue weighted by Gasteiger charge is 2.21. The number of carboxylic acids is 1. The number of nitriles is 1. The van der Waals surface area contributed by atoms with Crippen molar-refractivity contribution >= 4 is 28.6 Å². The molecule has 2 aromatic carbocycles. The van der Waals surface area contributed by atoms with Gasteiger partial charge in [0.1, 0.15) is 30.2 Å². The molecule has 1 unspecified atom stereocenters. The van der Waals surface area contributed by atoms with E-state index in [4.69, 9.17) is 21.1 Å². The van der Waals surface area contributed by atoms with Gasteiger partial charge >= 0.3 is 5.97 Å². The summed E-state index contributed by atoms with van der Waals surface area (Å²) < 4.78 is 14.2. The topological polar surface area (TPSA) is 179 Å². The zero-order chi connectivity index (χ0) is 36.6. The summed E-state index contributed by atoms with van der Waals surface area (Å²) >= 11 is 6.81. The van der Waals surface area contributed by atoms with Crippen LogP contribution in [0.5, 0.6) is 11.5 Å². The van der Waals surface area contributed by atoms with Crippen molar-refractivity contribution < 1.29 is 29.6 Å². The van der Waals surface area contributed by atoms with Crippen molar-refractivity contribution in [3.05, 3.63) is 100 Å². The Hall–Kier alpha value is -5.10. The van der Waals surface area contributed by atoms with E-state index in [-0.39, 0.29) is 25.8 Å². The van der Waals surface area contributed by atoms with Crippen molar-refractivity contribution in [2.75, 3.05) is 32.8 Å². The van der Waals surface area contributed by atoms with E-state index in [2.05, 4.69) is 37.4 Å². The molecule has 1 aliphatic heterocycles. The van der Waals surface area contributed by atoms with E-state index in [1.807, 2.05) is 25.1 Å². The van der Waals surface area contributed by atoms with Gasteiger partial charge in [-0.05, 0) is 72.4 Å². The third-order valence-corrected chi connectivity index (χ3v) is 9.48. The molecule has 13 nitrogen and oxygen atoms in total. The molecule has 14 heteroatoms. The lowest BCUT2D eigenvalue weighted by Crippen LogP contribution is -2.39. The van der Waals surface area contributed by atoms with Gasteiger partial charge in [-0.2, -0.15) is 10.4 Å². The fraction of sp³-hybridized carbons (Fsp3) is 0.342. The number of hydrogen-bond acceptors (Lipinski definition) is 11. The Morgan fingerprint density at radius 2 is 2.00 bits per heavy atom. The number of aliphatic carboxylic acids is 1. The minimum Gasteiger partial charge on any atom is -0.493 e. The number of carboxylic acid groups (broad SMARTS) is 1. The quantitative estimate of drug-likeness (QED) is 0.106. The summed E-state index contributed by atoms with van der Waals surface area (Å²) in [4.78, 5) is 22.6. The van der Waals surface area contributed by atoms with Crippen molar-refractivity contribution in [1.82, 2.24) is 30.0 Å². The van der Waals surface area contributed by atoms with E-state index in [9.17, 15) is 25.4 Å². The Labute approximate surface area is 306 Å². The number of aliphatic hydroxyl groups is 2. The predicted molar refractivity (Wildman–Crippen MR) is 194 cm³/mol. The monoisotopic (exact) mass is 725 g/mol. The summed E-state index contributed by atoms with van der Waals surface area (Å²) in [5, 5.41) is 46.8. The van der Waals surface area contributed by atoms with Crippen LogP contribution in [0.25, 0.3) is 22.2 Å². The number of pyridine rings is 2. The number of rotatable bonds is 16. The Kier molecular flexibility index (Phi) is 12.0. The van der Waals surface area contributed by atoms with Crippen molar-refractivity contribution in [3.8, 4) is 28.7 Å². The number of nitrogens with one attached hydrogen (secondary N) is 1. The number of hydrogen-bond donors (Lipinski definition) is 4. The van der Waals surface area contributed by atoms with Gasteiger partial charge in [-0.1, -0.05) is 23.7 Å². The molecule has 3 aromatic heterocycles. The van der Waals surface area contributed by atoms with E-state index in [0.717, 1.165) is 60.3 Å². The molecular formula is C38H40ClN7O6. The van der Waals surface area contributed by atoms with Crippen LogP contribution in [0.3, 0.4) is 0 Å². The molecule has 4 N–H and O–H groups in total. The molecule has 0 bridgehead atoms. The average molecular weight is 726 g/mol. The van der Waals surface area contributed by atoms with Gasteiger partial charge in [0.25, 0.3) is 0 Å². The number of nitrogens with zero attached hydrogens (tertiary/aromatic N) is 6. The number of β-amino-alcohol motifs (C(OH)–C–C–N with tert-alkyl or cyclic N) is 1. The normalized spacial score (nSPS) is 15.1. The lowest BCUT2D eigenvalue weighted by Gasteiger charge is -2.18. The van der Waals surface area contributed by atoms with Crippen molar-refractivity contribution in [2.45, 2.75) is 51.6 Å². The van der Waals surface area contributed by atoms with Crippen LogP contribution >= 0.6 is 11.6 Å². The number of benzene rings is 2. The van der Waals surface area contributed by atoms with Gasteiger partial charge in [0.15, 0.2) is 5.65 Å². The second kappa shape index (κ2) is 16.9. The predicted octanol–water partition coefficient (Wildman–Crippen LogP) is 4.32. The second-order valence-corrected chi connectivity index (χ2v) is 13.2. The third-order valence-electron chi connectivity index (χ3n) is 9.13. The first kappa shape index (κ1) is 36.7. The first-order valence-electron chi connectivity index (χ1n) is 17.0. The van der Waals surface area contributed by atoms with Crippen LogP contribution in [-0.2, 0) is 24.5 Å². The maximum atomic E-state index is 11.5. The van der Waals surface area contributed by atoms with Crippen molar-refractivity contribution in [2.24, 2.45) is 0 Å². The fourth-order valence-corrected chi connectivity index (χ4v) is 6.57. The molecule has 0 aliphatic carbocycles. The molecule has 0 spiro atoms. The number of carbonyl (C=O) groups is 1. The molecular weight excluding hydrogens is 686 g/mol. The lowest BCUT2D eigenvalue weighted by molar-refractivity contribution is -0.140. The number of fused-ring (bicyclic) bond motifs is 1. The van der Waals surface area contributed by atoms with Gasteiger partial charge in [-0.15, -0.1) is 0 Å². The van der Waals surface area contributed by atoms with Crippen LogP contribution in [0, 0.1) is 18.3 Å². The van der Waals surface area contributed by atoms with E-state index >= 15 is 0 Å². The van der Waals surface area contributed by atoms with E-state index in [1.165, 1.54) is 6.20 Å². The van der Waals surface area contributed by atoms with Crippen LogP contribution in [-0.4, -0.2) is 90.9 Å². The third kappa shape index (κ3) is 8.67. The molecule has 1 aliphatic rings. The van der Waals surface area contributed by atoms with Crippen LogP contribution in [0.2, 0.25) is 5.02 Å². The SMILES string of the molecule is Cc1c(OCCCN2CC[C@@H](O)C2)cccc1-c1ccnc2c1cnn2Cc1cc(OCc2cncc(C#N)c2)c(CNC(CO)C(=O)O)cc1Cl. The van der Waals surface area contributed by atoms with Crippen LogP contribution in [0.4, 0.5) is 0 Å². The Morgan fingerprint density at radius 1 is 1.13 bits per heavy atom. The van der Waals surface area contributed by atoms with Gasteiger partial charge in [-0.3, -0.25) is 15.1 Å². The highest BCUT2D eigenvalue weighted by atomic mass is 35.5. The molecule has 2 atom stereocenters. The molecule has 6 rings (SSSR count). The molecule has 1 fully saturated rings. The second-order valence-electron chi connectivity index (χ2n) is 12.8. The van der Waals surface area contributed by atoms with Crippen molar-refractivity contribution in [1.29, 1.82) is 5.26 Å². The van der Waals surface area contributed by atoms with Gasteiger partial charge < -0.3 is 29.7 Å². The minimum absolute atomic E-state index is 0.0592. The van der Waals surface area contributed by atoms with Crippen LogP contribution < -0.4 is 14.8 Å². The zero-order valence-electron chi connectivity index (χ0n) is 28.7. The summed E-state index contributed by atoms with van der Waals surface area (Å²) in [5.41, 5.74) is 5.98. The standard InChI is InChI=1S/C38H40ClN7O6/c1-24-30(4-2-5-35(24)51-11-3-9-45-10-7-29(48)21-45)31-6-8-42-37-32(31)19-44-46(37)20-28-14-36(52-23-26-12-25(15-40)16-41-17-26)27(13-33(28)39)18-43-34(22-47)38(49)50/h2,4-6,8,12-14,16-17,19,29,34,43,47-48H,3,7,9-11,18,20-23H2,1H3,(H,49,50)/t29-,34?/m1/s1. The molecule has 0 radical (unpaired) electrons. The summed E-state index contributed by atoms with van der Waals surface area (Å²) in [6.45, 7) is 4.98. The summed E-state index contributed by atoms with van der Waals surface area (Å²) in [6.07, 6.45) is 8.07.